The molecule has 5 aromatic carbocycles. The van der Waals surface area contributed by atoms with E-state index in [1.54, 1.807) is 5.56 Å². The van der Waals surface area contributed by atoms with E-state index in [0.717, 1.165) is 57.5 Å². The quantitative estimate of drug-likeness (QED) is 0.0898. The summed E-state index contributed by atoms with van der Waals surface area (Å²) >= 11 is 0. The summed E-state index contributed by atoms with van der Waals surface area (Å²) in [5.41, 5.74) is 12.6. The fourth-order valence-corrected chi connectivity index (χ4v) is 10.7. The maximum Gasteiger partial charge on any atom is 0.164 e. The van der Waals surface area contributed by atoms with Gasteiger partial charge in [0, 0.05) is 24.7 Å². The minimum absolute atomic E-state index is 0.171. The number of aliphatic hydroxyl groups is 2. The second-order valence-corrected chi connectivity index (χ2v) is 19.9. The summed E-state index contributed by atoms with van der Waals surface area (Å²) in [4.78, 5) is 7.25. The lowest BCUT2D eigenvalue weighted by Crippen LogP contribution is -2.36. The van der Waals surface area contributed by atoms with Crippen molar-refractivity contribution in [1.82, 2.24) is 14.7 Å². The molecule has 0 bridgehead atoms. The van der Waals surface area contributed by atoms with Gasteiger partial charge in [0.25, 0.3) is 0 Å². The van der Waals surface area contributed by atoms with E-state index in [-0.39, 0.29) is 24.8 Å². The number of epoxide rings is 1. The Morgan fingerprint density at radius 2 is 0.912 bits per heavy atom. The van der Waals surface area contributed by atoms with Gasteiger partial charge in [0.2, 0.25) is 0 Å². The molecule has 6 aliphatic heterocycles. The first kappa shape index (κ1) is 51.6. The van der Waals surface area contributed by atoms with E-state index in [9.17, 15) is 10.2 Å². The van der Waals surface area contributed by atoms with Crippen molar-refractivity contribution in [2.45, 2.75) is 107 Å². The molecule has 1 spiro atoms. The zero-order valence-corrected chi connectivity index (χ0v) is 41.2. The summed E-state index contributed by atoms with van der Waals surface area (Å²) in [5, 5.41) is 19.5. The monoisotopic (exact) mass is 923 g/mol. The van der Waals surface area contributed by atoms with Crippen LogP contribution in [-0.2, 0) is 4.74 Å². The number of rotatable bonds is 11. The van der Waals surface area contributed by atoms with Gasteiger partial charge in [0.1, 0.15) is 12.6 Å². The molecule has 5 aromatic rings. The van der Waals surface area contributed by atoms with Gasteiger partial charge in [-0.1, -0.05) is 171 Å². The van der Waals surface area contributed by atoms with Crippen LogP contribution in [0.1, 0.15) is 135 Å². The van der Waals surface area contributed by atoms with E-state index >= 15 is 0 Å². The van der Waals surface area contributed by atoms with Crippen LogP contribution in [0.4, 0.5) is 0 Å². The third-order valence-electron chi connectivity index (χ3n) is 14.8. The van der Waals surface area contributed by atoms with Crippen LogP contribution < -0.4 is 5.73 Å². The average Bonchev–Trinajstić information content (AvgIpc) is 4.37. The number of nitrogens with zero attached hydrogens (tertiary/aromatic N) is 4. The Labute approximate surface area is 410 Å². The molecule has 6 aliphatic rings. The number of nitrogens with two attached hydrogens (primary N) is 1. The Morgan fingerprint density at radius 3 is 1.40 bits per heavy atom. The van der Waals surface area contributed by atoms with Gasteiger partial charge in [0.15, 0.2) is 6.04 Å². The lowest BCUT2D eigenvalue weighted by Gasteiger charge is -2.33. The Morgan fingerprint density at radius 1 is 0.500 bits per heavy atom. The lowest BCUT2D eigenvalue weighted by molar-refractivity contribution is -0.822. The second kappa shape index (κ2) is 28.4. The second-order valence-electron chi connectivity index (χ2n) is 19.9. The van der Waals surface area contributed by atoms with Gasteiger partial charge in [-0.25, -0.2) is 0 Å². The number of quaternary nitrogens is 1. The third kappa shape index (κ3) is 17.0. The van der Waals surface area contributed by atoms with E-state index < -0.39 is 0 Å². The minimum atomic E-state index is -0.329. The predicted octanol–water partition coefficient (Wildman–Crippen LogP) is 11.1. The van der Waals surface area contributed by atoms with Gasteiger partial charge >= 0.3 is 0 Å². The summed E-state index contributed by atoms with van der Waals surface area (Å²) in [7, 11) is 0. The number of β-amino-alcohol motifs (C(OH)–C–C–N with tert-alkyl or cyclic N) is 1. The third-order valence-corrected chi connectivity index (χ3v) is 14.8. The van der Waals surface area contributed by atoms with E-state index in [4.69, 9.17) is 10.5 Å². The summed E-state index contributed by atoms with van der Waals surface area (Å²) < 4.78 is 6.50. The van der Waals surface area contributed by atoms with Crippen LogP contribution in [0.5, 0.6) is 0 Å². The first-order valence-electron chi connectivity index (χ1n) is 26.5. The SMILES string of the molecule is N[C@H](CN1CCCCC1)c1ccccc1.OCC(c1ccccc1)N1CCCCC1.O[C@H](CN1CCCCC1)c1ccccc1.c1ccc([C@H]2CO2)cc1.c1ccc([C@H]2C[N+]23CCCCC3)cc1. The maximum atomic E-state index is 10.0. The van der Waals surface area contributed by atoms with Crippen LogP contribution in [0.25, 0.3) is 0 Å². The molecule has 366 valence electrons. The molecule has 11 rings (SSSR count). The highest BCUT2D eigenvalue weighted by Crippen LogP contribution is 2.47. The van der Waals surface area contributed by atoms with Gasteiger partial charge < -0.3 is 35.0 Å². The first-order chi connectivity index (χ1) is 33.5. The minimum Gasteiger partial charge on any atom is -0.394 e. The van der Waals surface area contributed by atoms with Crippen molar-refractivity contribution in [1.29, 1.82) is 0 Å². The molecule has 6 heterocycles. The van der Waals surface area contributed by atoms with Gasteiger partial charge in [-0.2, -0.15) is 0 Å². The Hall–Kier alpha value is -4.22. The molecule has 8 heteroatoms. The van der Waals surface area contributed by atoms with E-state index in [1.807, 2.05) is 72.8 Å². The van der Waals surface area contributed by atoms with Crippen molar-refractivity contribution >= 4 is 0 Å². The van der Waals surface area contributed by atoms with Crippen molar-refractivity contribution in [3.63, 3.8) is 0 Å². The number of hydrogen-bond donors (Lipinski definition) is 3. The number of benzene rings is 5. The summed E-state index contributed by atoms with van der Waals surface area (Å²) in [5.74, 6) is 0. The molecule has 5 atom stereocenters. The van der Waals surface area contributed by atoms with Crippen LogP contribution in [-0.4, -0.2) is 115 Å². The van der Waals surface area contributed by atoms with Crippen molar-refractivity contribution in [2.24, 2.45) is 5.73 Å². The topological polar surface area (TPSA) is 88.7 Å². The van der Waals surface area contributed by atoms with Crippen molar-refractivity contribution < 1.29 is 19.4 Å². The highest BCUT2D eigenvalue weighted by molar-refractivity contribution is 5.22. The number of likely N-dealkylation sites (tertiary alicyclic amines) is 3. The van der Waals surface area contributed by atoms with E-state index in [2.05, 4.69) is 93.6 Å². The largest absolute Gasteiger partial charge is 0.394 e. The van der Waals surface area contributed by atoms with Crippen LogP contribution in [0.3, 0.4) is 0 Å². The first-order valence-corrected chi connectivity index (χ1v) is 26.5. The summed E-state index contributed by atoms with van der Waals surface area (Å²) in [6.07, 6.45) is 16.3. The number of hydrogen-bond acceptors (Lipinski definition) is 7. The molecule has 0 amide bonds. The average molecular weight is 923 g/mol. The molecule has 0 aromatic heterocycles. The predicted molar refractivity (Wildman–Crippen MR) is 280 cm³/mol. The van der Waals surface area contributed by atoms with E-state index in [0.29, 0.717) is 6.10 Å². The Balaban J connectivity index is 0.000000127. The maximum absolute atomic E-state index is 10.0. The van der Waals surface area contributed by atoms with Crippen LogP contribution in [0.15, 0.2) is 152 Å². The standard InChI is InChI=1S/C13H20N2.2C13H19NO.C13H18N.C8H8O/c14-13(12-7-3-1-4-8-12)11-15-9-5-2-6-10-15;15-11-13(12-7-3-1-4-8-12)14-9-5-2-6-10-14;15-13(12-7-3-1-4-8-12)11-14-9-5-2-6-10-14;1-3-7-12(8-4-1)13-11-14(13)9-5-2-6-10-14;1-2-4-7(5-3-1)8-6-9-8/h1,3-4,7-8,13H,2,5-6,9-11,14H2;2*1,3-4,7-8,13,15H,2,5-6,9-11H2;1,3-4,7-8,13H,2,5-6,9-11H2;1-5,8H,6H2/q;;;+1;/t13-;;2*13-;8-/m1.111/s1. The fraction of sp³-hybridized carbons (Fsp3) is 0.500. The molecule has 0 radical (unpaired) electrons. The van der Waals surface area contributed by atoms with Crippen LogP contribution in [0, 0.1) is 0 Å². The zero-order valence-electron chi connectivity index (χ0n) is 41.2. The van der Waals surface area contributed by atoms with E-state index in [1.165, 1.54) is 131 Å². The molecule has 6 fully saturated rings. The zero-order chi connectivity index (χ0) is 47.1. The van der Waals surface area contributed by atoms with Crippen LogP contribution >= 0.6 is 0 Å². The molecule has 68 heavy (non-hydrogen) atoms. The molecule has 4 N–H and O–H groups in total. The summed E-state index contributed by atoms with van der Waals surface area (Å²) in [6.45, 7) is 14.2. The Kier molecular flexibility index (Phi) is 21.6. The van der Waals surface area contributed by atoms with Crippen molar-refractivity contribution in [3.8, 4) is 0 Å². The highest BCUT2D eigenvalue weighted by atomic mass is 16.6. The highest BCUT2D eigenvalue weighted by Gasteiger charge is 2.55. The molecule has 1 unspecified atom stereocenters. The fourth-order valence-electron chi connectivity index (χ4n) is 10.7. The van der Waals surface area contributed by atoms with Gasteiger partial charge in [-0.15, -0.1) is 0 Å². The molecule has 0 saturated carbocycles. The van der Waals surface area contributed by atoms with Gasteiger partial charge in [-0.05, 0) is 119 Å². The van der Waals surface area contributed by atoms with Gasteiger partial charge in [0.05, 0.1) is 38.4 Å². The molecule has 0 aliphatic carbocycles. The van der Waals surface area contributed by atoms with Crippen molar-refractivity contribution in [2.75, 3.05) is 85.2 Å². The smallest absolute Gasteiger partial charge is 0.164 e. The lowest BCUT2D eigenvalue weighted by atomic mass is 10.0. The number of ether oxygens (including phenoxy) is 1. The number of piperidine rings is 4. The molecule has 6 saturated heterocycles. The van der Waals surface area contributed by atoms with Crippen molar-refractivity contribution in [3.05, 3.63) is 179 Å². The van der Waals surface area contributed by atoms with Crippen LogP contribution in [0.2, 0.25) is 0 Å². The van der Waals surface area contributed by atoms with Gasteiger partial charge in [-0.3, -0.25) is 4.90 Å². The number of aliphatic hydroxyl groups excluding tert-OH is 2. The molecular formula is C60H84N5O3+. The summed E-state index contributed by atoms with van der Waals surface area (Å²) in [6, 6.07) is 53.2. The Bertz CT molecular complexity index is 1970. The molecule has 8 nitrogen and oxygen atoms in total. The normalized spacial score (nSPS) is 22.4. The molecular weight excluding hydrogens is 839 g/mol.